The molecule has 0 radical (unpaired) electrons. The van der Waals surface area contributed by atoms with Gasteiger partial charge >= 0.3 is 5.97 Å². The van der Waals surface area contributed by atoms with Crippen molar-refractivity contribution in [3.8, 4) is 0 Å². The molecule has 206 valence electrons. The minimum Gasteiger partial charge on any atom is -0.469 e. The summed E-state index contributed by atoms with van der Waals surface area (Å²) in [5.74, 6) is 1.00. The Bertz CT molecular complexity index is 767. The van der Waals surface area contributed by atoms with Crippen LogP contribution >= 0.6 is 11.8 Å². The van der Waals surface area contributed by atoms with E-state index in [9.17, 15) is 15.0 Å². The topological polar surface area (TPSA) is 76.0 Å². The summed E-state index contributed by atoms with van der Waals surface area (Å²) in [6, 6.07) is 10.2. The summed E-state index contributed by atoms with van der Waals surface area (Å²) in [5, 5.41) is 21.9. The number of thioether (sulfide) groups is 1. The molecule has 1 aliphatic rings. The summed E-state index contributed by atoms with van der Waals surface area (Å²) in [6.07, 6.45) is 7.02. The van der Waals surface area contributed by atoms with E-state index in [0.29, 0.717) is 18.6 Å². The molecule has 0 amide bonds. The lowest BCUT2D eigenvalue weighted by Crippen LogP contribution is -2.45. The first-order valence-corrected chi connectivity index (χ1v) is 17.6. The summed E-state index contributed by atoms with van der Waals surface area (Å²) >= 11 is 1.69. The number of rotatable bonds is 15. The number of unbranched alkanes of at least 4 members (excludes halogenated alkanes) is 3. The van der Waals surface area contributed by atoms with Gasteiger partial charge in [-0.05, 0) is 74.2 Å². The smallest absolute Gasteiger partial charge is 0.305 e. The highest BCUT2D eigenvalue weighted by Gasteiger charge is 2.47. The van der Waals surface area contributed by atoms with Gasteiger partial charge in [-0.2, -0.15) is 0 Å². The van der Waals surface area contributed by atoms with Gasteiger partial charge in [-0.25, -0.2) is 0 Å². The number of carbonyl (C=O) groups is 1. The Kier molecular flexibility index (Phi) is 13.0. The minimum atomic E-state index is -1.97. The number of aliphatic hydroxyl groups excluding tert-OH is 2. The Morgan fingerprint density at radius 2 is 1.75 bits per heavy atom. The van der Waals surface area contributed by atoms with Crippen molar-refractivity contribution in [1.82, 2.24) is 0 Å². The molecule has 0 saturated heterocycles. The molecule has 7 heteroatoms. The molecule has 1 saturated carbocycles. The third-order valence-corrected chi connectivity index (χ3v) is 13.8. The van der Waals surface area contributed by atoms with Crippen molar-refractivity contribution in [2.75, 3.05) is 12.9 Å². The molecule has 0 aromatic heterocycles. The maximum absolute atomic E-state index is 11.3. The Balaban J connectivity index is 1.95. The molecule has 0 heterocycles. The molecule has 1 unspecified atom stereocenters. The Morgan fingerprint density at radius 1 is 1.08 bits per heavy atom. The highest BCUT2D eigenvalue weighted by Crippen LogP contribution is 2.45. The predicted molar refractivity (Wildman–Crippen MR) is 152 cm³/mol. The second-order valence-corrected chi connectivity index (χ2v) is 17.8. The van der Waals surface area contributed by atoms with E-state index in [0.717, 1.165) is 44.9 Å². The van der Waals surface area contributed by atoms with Crippen LogP contribution in [0.2, 0.25) is 18.1 Å². The van der Waals surface area contributed by atoms with Gasteiger partial charge < -0.3 is 19.4 Å². The summed E-state index contributed by atoms with van der Waals surface area (Å²) in [4.78, 5) is 12.5. The van der Waals surface area contributed by atoms with E-state index in [4.69, 9.17) is 9.16 Å². The lowest BCUT2D eigenvalue weighted by atomic mass is 9.85. The number of carbonyl (C=O) groups excluding carboxylic acids is 1. The zero-order valence-electron chi connectivity index (χ0n) is 23.4. The third-order valence-electron chi connectivity index (χ3n) is 8.16. The highest BCUT2D eigenvalue weighted by atomic mass is 32.2. The van der Waals surface area contributed by atoms with E-state index < -0.39 is 8.32 Å². The van der Waals surface area contributed by atoms with Crippen molar-refractivity contribution in [3.63, 3.8) is 0 Å². The number of esters is 1. The fourth-order valence-corrected chi connectivity index (χ4v) is 7.21. The molecule has 2 rings (SSSR count). The lowest BCUT2D eigenvalue weighted by molar-refractivity contribution is -0.140. The Labute approximate surface area is 224 Å². The first-order chi connectivity index (χ1) is 16.9. The van der Waals surface area contributed by atoms with Crippen LogP contribution in [0.1, 0.15) is 78.6 Å². The molecular weight excluding hydrogens is 488 g/mol. The highest BCUT2D eigenvalue weighted by molar-refractivity contribution is 7.99. The SMILES string of the molecule is COC(=O)CCCCCC[C@@H]1[C@@H](CCC(O)CSc2ccccc2)[C@H](O[Si](C)(C)C(C)(C)C)C[C@@H]1O. The van der Waals surface area contributed by atoms with Crippen molar-refractivity contribution >= 4 is 26.0 Å². The Morgan fingerprint density at radius 3 is 2.39 bits per heavy atom. The van der Waals surface area contributed by atoms with Gasteiger partial charge in [-0.15, -0.1) is 11.8 Å². The van der Waals surface area contributed by atoms with E-state index >= 15 is 0 Å². The van der Waals surface area contributed by atoms with Gasteiger partial charge in [0.05, 0.1) is 25.4 Å². The van der Waals surface area contributed by atoms with Crippen molar-refractivity contribution < 1.29 is 24.2 Å². The van der Waals surface area contributed by atoms with Crippen LogP contribution in [0.4, 0.5) is 0 Å². The molecule has 36 heavy (non-hydrogen) atoms. The van der Waals surface area contributed by atoms with Crippen LogP contribution in [-0.2, 0) is 14.0 Å². The van der Waals surface area contributed by atoms with Crippen LogP contribution in [0.25, 0.3) is 0 Å². The maximum Gasteiger partial charge on any atom is 0.305 e. The molecule has 5 atom stereocenters. The van der Waals surface area contributed by atoms with Crippen LogP contribution in [0.3, 0.4) is 0 Å². The number of aliphatic hydroxyl groups is 2. The van der Waals surface area contributed by atoms with E-state index in [1.807, 2.05) is 18.2 Å². The van der Waals surface area contributed by atoms with E-state index in [-0.39, 0.29) is 41.2 Å². The molecular formula is C29H50O5SSi. The summed E-state index contributed by atoms with van der Waals surface area (Å²) < 4.78 is 11.6. The van der Waals surface area contributed by atoms with Gasteiger partial charge in [0.25, 0.3) is 0 Å². The molecule has 1 fully saturated rings. The van der Waals surface area contributed by atoms with Crippen LogP contribution in [0.5, 0.6) is 0 Å². The normalized spacial score (nSPS) is 23.6. The zero-order chi connectivity index (χ0) is 26.8. The third kappa shape index (κ3) is 10.1. The maximum atomic E-state index is 11.3. The van der Waals surface area contributed by atoms with Crippen LogP contribution < -0.4 is 0 Å². The van der Waals surface area contributed by atoms with E-state index in [1.54, 1.807) is 11.8 Å². The van der Waals surface area contributed by atoms with Crippen molar-refractivity contribution in [2.24, 2.45) is 11.8 Å². The first kappa shape index (κ1) is 31.4. The summed E-state index contributed by atoms with van der Waals surface area (Å²) in [7, 11) is -0.537. The monoisotopic (exact) mass is 538 g/mol. The number of hydrogen-bond acceptors (Lipinski definition) is 6. The predicted octanol–water partition coefficient (Wildman–Crippen LogP) is 6.82. The van der Waals surface area contributed by atoms with Crippen molar-refractivity contribution in [1.29, 1.82) is 0 Å². The molecule has 0 bridgehead atoms. The number of ether oxygens (including phenoxy) is 1. The Hall–Kier alpha value is -0.863. The molecule has 1 aromatic carbocycles. The second-order valence-electron chi connectivity index (χ2n) is 11.9. The molecule has 0 spiro atoms. The summed E-state index contributed by atoms with van der Waals surface area (Å²) in [5.41, 5.74) is 0. The van der Waals surface area contributed by atoms with Gasteiger partial charge in [0, 0.05) is 17.1 Å². The van der Waals surface area contributed by atoms with Crippen LogP contribution in [-0.4, -0.2) is 55.7 Å². The quantitative estimate of drug-likeness (QED) is 0.110. The van der Waals surface area contributed by atoms with E-state index in [1.165, 1.54) is 12.0 Å². The van der Waals surface area contributed by atoms with E-state index in [2.05, 4.69) is 46.0 Å². The first-order valence-electron chi connectivity index (χ1n) is 13.7. The minimum absolute atomic E-state index is 0.0548. The molecule has 1 aliphatic carbocycles. The second kappa shape index (κ2) is 14.9. The van der Waals surface area contributed by atoms with Gasteiger partial charge in [0.2, 0.25) is 0 Å². The molecule has 5 nitrogen and oxygen atoms in total. The molecule has 0 aliphatic heterocycles. The van der Waals surface area contributed by atoms with Gasteiger partial charge in [-0.1, -0.05) is 58.2 Å². The average molecular weight is 539 g/mol. The fourth-order valence-electron chi connectivity index (χ4n) is 4.93. The van der Waals surface area contributed by atoms with Gasteiger partial charge in [0.1, 0.15) is 0 Å². The number of benzene rings is 1. The summed E-state index contributed by atoms with van der Waals surface area (Å²) in [6.45, 7) is 11.4. The largest absolute Gasteiger partial charge is 0.469 e. The van der Waals surface area contributed by atoms with Crippen LogP contribution in [0.15, 0.2) is 35.2 Å². The van der Waals surface area contributed by atoms with Crippen molar-refractivity contribution in [2.45, 2.75) is 120 Å². The molecule has 2 N–H and O–H groups in total. The number of hydrogen-bond donors (Lipinski definition) is 2. The molecule has 1 aromatic rings. The lowest BCUT2D eigenvalue weighted by Gasteiger charge is -2.40. The average Bonchev–Trinajstić information content (AvgIpc) is 3.11. The van der Waals surface area contributed by atoms with Gasteiger partial charge in [-0.3, -0.25) is 4.79 Å². The standard InChI is InChI=1S/C29H50O5SSi/c1-29(2,3)36(5,6)34-27-20-26(31)24(16-12-7-8-13-17-28(32)33-4)25(27)19-18-22(30)21-35-23-14-10-9-11-15-23/h9-11,14-15,22,24-27,30-31H,7-8,12-13,16-21H2,1-6H3/t22?,24-,25-,26+,27-/m1/s1. The van der Waals surface area contributed by atoms with Crippen LogP contribution in [0, 0.1) is 11.8 Å². The van der Waals surface area contributed by atoms with Crippen molar-refractivity contribution in [3.05, 3.63) is 30.3 Å². The zero-order valence-corrected chi connectivity index (χ0v) is 25.2. The fraction of sp³-hybridized carbons (Fsp3) is 0.759. The number of methoxy groups -OCH3 is 1. The van der Waals surface area contributed by atoms with Gasteiger partial charge in [0.15, 0.2) is 8.32 Å².